The molecule has 3 aromatic heterocycles. The van der Waals surface area contributed by atoms with E-state index in [1.54, 1.807) is 23.2 Å². The van der Waals surface area contributed by atoms with Gasteiger partial charge in [-0.15, -0.1) is 0 Å². The Hall–Kier alpha value is -2.60. The van der Waals surface area contributed by atoms with Gasteiger partial charge in [0.2, 0.25) is 0 Å². The predicted molar refractivity (Wildman–Crippen MR) is 75.9 cm³/mol. The summed E-state index contributed by atoms with van der Waals surface area (Å²) in [6, 6.07) is 5.55. The maximum atomic E-state index is 6.11. The van der Waals surface area contributed by atoms with Crippen molar-refractivity contribution in [3.63, 3.8) is 0 Å². The van der Waals surface area contributed by atoms with E-state index in [4.69, 9.17) is 21.8 Å². The first-order valence-electron chi connectivity index (χ1n) is 5.86. The molecule has 0 unspecified atom stereocenters. The molecule has 3 heterocycles. The van der Waals surface area contributed by atoms with E-state index < -0.39 is 0 Å². The molecule has 0 atom stereocenters. The summed E-state index contributed by atoms with van der Waals surface area (Å²) in [7, 11) is 0. The van der Waals surface area contributed by atoms with Crippen LogP contribution in [0.5, 0.6) is 0 Å². The third kappa shape index (κ3) is 1.42. The van der Waals surface area contributed by atoms with Crippen molar-refractivity contribution >= 4 is 39.4 Å². The van der Waals surface area contributed by atoms with Crippen molar-refractivity contribution in [2.75, 3.05) is 5.73 Å². The SMILES string of the molecule is Nc1ncnc2c1cnn2-c1coc2c(Cl)cccc12. The number of nitrogens with two attached hydrogens (primary N) is 1. The molecular weight excluding hydrogens is 278 g/mol. The fourth-order valence-corrected chi connectivity index (χ4v) is 2.43. The molecular formula is C13H8ClN5O. The Morgan fingerprint density at radius 2 is 2.10 bits per heavy atom. The number of halogens is 1. The van der Waals surface area contributed by atoms with E-state index in [9.17, 15) is 0 Å². The number of benzene rings is 1. The van der Waals surface area contributed by atoms with E-state index in [1.165, 1.54) is 6.33 Å². The van der Waals surface area contributed by atoms with E-state index in [-0.39, 0.29) is 0 Å². The molecule has 2 N–H and O–H groups in total. The van der Waals surface area contributed by atoms with Crippen molar-refractivity contribution < 1.29 is 4.42 Å². The highest BCUT2D eigenvalue weighted by molar-refractivity contribution is 6.35. The Bertz CT molecular complexity index is 864. The summed E-state index contributed by atoms with van der Waals surface area (Å²) in [4.78, 5) is 8.17. The van der Waals surface area contributed by atoms with Gasteiger partial charge in [0.05, 0.1) is 16.6 Å². The zero-order valence-corrected chi connectivity index (χ0v) is 10.9. The summed E-state index contributed by atoms with van der Waals surface area (Å²) in [6.07, 6.45) is 4.64. The maximum absolute atomic E-state index is 6.11. The number of fused-ring (bicyclic) bond motifs is 2. The van der Waals surface area contributed by atoms with Gasteiger partial charge in [-0.2, -0.15) is 5.10 Å². The molecule has 0 saturated carbocycles. The van der Waals surface area contributed by atoms with Crippen molar-refractivity contribution in [3.05, 3.63) is 42.0 Å². The van der Waals surface area contributed by atoms with Crippen molar-refractivity contribution in [1.82, 2.24) is 19.7 Å². The summed E-state index contributed by atoms with van der Waals surface area (Å²) >= 11 is 6.11. The second-order valence-corrected chi connectivity index (χ2v) is 4.70. The van der Waals surface area contributed by atoms with Gasteiger partial charge in [-0.05, 0) is 12.1 Å². The van der Waals surface area contributed by atoms with E-state index in [1.807, 2.05) is 12.1 Å². The van der Waals surface area contributed by atoms with Crippen LogP contribution >= 0.6 is 11.6 Å². The van der Waals surface area contributed by atoms with Gasteiger partial charge >= 0.3 is 0 Å². The number of aromatic nitrogens is 4. The number of nitrogens with zero attached hydrogens (tertiary/aromatic N) is 4. The molecule has 4 rings (SSSR count). The highest BCUT2D eigenvalue weighted by Crippen LogP contribution is 2.31. The van der Waals surface area contributed by atoms with Crippen LogP contribution in [0.3, 0.4) is 0 Å². The van der Waals surface area contributed by atoms with Gasteiger partial charge in [-0.25, -0.2) is 14.6 Å². The van der Waals surface area contributed by atoms with Crippen LogP contribution in [-0.4, -0.2) is 19.7 Å². The molecule has 0 radical (unpaired) electrons. The smallest absolute Gasteiger partial charge is 0.168 e. The summed E-state index contributed by atoms with van der Waals surface area (Å²) in [5.41, 5.74) is 7.82. The molecule has 0 aliphatic carbocycles. The lowest BCUT2D eigenvalue weighted by Gasteiger charge is -2.00. The topological polar surface area (TPSA) is 82.8 Å². The molecule has 0 amide bonds. The monoisotopic (exact) mass is 285 g/mol. The Morgan fingerprint density at radius 1 is 1.20 bits per heavy atom. The summed E-state index contributed by atoms with van der Waals surface area (Å²) < 4.78 is 7.18. The molecule has 6 nitrogen and oxygen atoms in total. The van der Waals surface area contributed by atoms with Crippen LogP contribution in [0.1, 0.15) is 0 Å². The van der Waals surface area contributed by atoms with Gasteiger partial charge in [-0.1, -0.05) is 17.7 Å². The number of para-hydroxylation sites is 1. The Labute approximate surface area is 117 Å². The van der Waals surface area contributed by atoms with Crippen molar-refractivity contribution in [2.45, 2.75) is 0 Å². The summed E-state index contributed by atoms with van der Waals surface area (Å²) in [6.45, 7) is 0. The van der Waals surface area contributed by atoms with E-state index in [2.05, 4.69) is 15.1 Å². The highest BCUT2D eigenvalue weighted by atomic mass is 35.5. The molecule has 98 valence electrons. The second kappa shape index (κ2) is 3.94. The molecule has 0 fully saturated rings. The Balaban J connectivity index is 2.07. The first kappa shape index (κ1) is 11.2. The molecule has 0 saturated heterocycles. The number of nitrogen functional groups attached to an aromatic ring is 1. The minimum atomic E-state index is 0.395. The molecule has 20 heavy (non-hydrogen) atoms. The number of hydrogen-bond donors (Lipinski definition) is 1. The third-order valence-electron chi connectivity index (χ3n) is 3.16. The van der Waals surface area contributed by atoms with E-state index in [0.29, 0.717) is 27.5 Å². The molecule has 0 spiro atoms. The molecule has 4 aromatic rings. The van der Waals surface area contributed by atoms with Crippen LogP contribution in [0, 0.1) is 0 Å². The van der Waals surface area contributed by atoms with Crippen LogP contribution in [0.15, 0.2) is 41.4 Å². The lowest BCUT2D eigenvalue weighted by Crippen LogP contribution is -1.98. The van der Waals surface area contributed by atoms with Gasteiger partial charge in [0.15, 0.2) is 11.2 Å². The maximum Gasteiger partial charge on any atom is 0.168 e. The van der Waals surface area contributed by atoms with E-state index >= 15 is 0 Å². The van der Waals surface area contributed by atoms with Gasteiger partial charge in [0.25, 0.3) is 0 Å². The standard InChI is InChI=1S/C13H8ClN5O/c14-9-3-1-2-7-10(5-20-11(7)9)19-13-8(4-18-19)12(15)16-6-17-13/h1-6H,(H2,15,16,17). The number of anilines is 1. The first-order chi connectivity index (χ1) is 9.75. The number of rotatable bonds is 1. The van der Waals surface area contributed by atoms with Crippen LogP contribution in [0.4, 0.5) is 5.82 Å². The third-order valence-corrected chi connectivity index (χ3v) is 3.45. The average Bonchev–Trinajstić information content (AvgIpc) is 3.03. The fraction of sp³-hybridized carbons (Fsp3) is 0. The normalized spacial score (nSPS) is 11.4. The van der Waals surface area contributed by atoms with Crippen molar-refractivity contribution in [3.8, 4) is 5.69 Å². The Morgan fingerprint density at radius 3 is 3.00 bits per heavy atom. The van der Waals surface area contributed by atoms with E-state index in [0.717, 1.165) is 11.1 Å². The molecule has 0 aliphatic rings. The van der Waals surface area contributed by atoms with Gasteiger partial charge in [0.1, 0.15) is 24.1 Å². The average molecular weight is 286 g/mol. The zero-order chi connectivity index (χ0) is 13.7. The lowest BCUT2D eigenvalue weighted by molar-refractivity contribution is 0.611. The largest absolute Gasteiger partial charge is 0.460 e. The van der Waals surface area contributed by atoms with Crippen LogP contribution in [0.2, 0.25) is 5.02 Å². The number of hydrogen-bond acceptors (Lipinski definition) is 5. The lowest BCUT2D eigenvalue weighted by atomic mass is 10.2. The highest BCUT2D eigenvalue weighted by Gasteiger charge is 2.15. The summed E-state index contributed by atoms with van der Waals surface area (Å²) in [5.74, 6) is 0.395. The fourth-order valence-electron chi connectivity index (χ4n) is 2.21. The summed E-state index contributed by atoms with van der Waals surface area (Å²) in [5, 5.41) is 6.42. The van der Waals surface area contributed by atoms with Crippen molar-refractivity contribution in [1.29, 1.82) is 0 Å². The molecule has 1 aromatic carbocycles. The van der Waals surface area contributed by atoms with Gasteiger partial charge in [-0.3, -0.25) is 0 Å². The number of furan rings is 1. The minimum Gasteiger partial charge on any atom is -0.460 e. The van der Waals surface area contributed by atoms with Crippen LogP contribution in [-0.2, 0) is 0 Å². The first-order valence-corrected chi connectivity index (χ1v) is 6.24. The van der Waals surface area contributed by atoms with Crippen LogP contribution < -0.4 is 5.73 Å². The molecule has 0 aliphatic heterocycles. The van der Waals surface area contributed by atoms with Gasteiger partial charge in [0, 0.05) is 5.39 Å². The zero-order valence-electron chi connectivity index (χ0n) is 10.1. The second-order valence-electron chi connectivity index (χ2n) is 4.29. The van der Waals surface area contributed by atoms with Crippen molar-refractivity contribution in [2.24, 2.45) is 0 Å². The molecule has 0 bridgehead atoms. The van der Waals surface area contributed by atoms with Gasteiger partial charge < -0.3 is 10.2 Å². The molecule has 7 heteroatoms. The van der Waals surface area contributed by atoms with Crippen LogP contribution in [0.25, 0.3) is 27.7 Å². The quantitative estimate of drug-likeness (QED) is 0.581. The Kier molecular flexibility index (Phi) is 2.22. The minimum absolute atomic E-state index is 0.395. The predicted octanol–water partition coefficient (Wildman–Crippen LogP) is 2.80.